The first-order chi connectivity index (χ1) is 16.6. The van der Waals surface area contributed by atoms with Gasteiger partial charge in [-0.3, -0.25) is 14.8 Å². The van der Waals surface area contributed by atoms with Crippen LogP contribution in [0.4, 0.5) is 0 Å². The molecule has 1 fully saturated rings. The Morgan fingerprint density at radius 3 is 2.76 bits per heavy atom. The van der Waals surface area contributed by atoms with Crippen LogP contribution < -0.4 is 0 Å². The Hall–Kier alpha value is -3.31. The Balaban J connectivity index is 1.17. The van der Waals surface area contributed by atoms with Gasteiger partial charge >= 0.3 is 0 Å². The summed E-state index contributed by atoms with van der Waals surface area (Å²) in [5.74, 6) is 0.270. The third-order valence-electron chi connectivity index (χ3n) is 7.51. The van der Waals surface area contributed by atoms with E-state index < -0.39 is 0 Å². The maximum absolute atomic E-state index is 13.1. The Labute approximate surface area is 201 Å². The molecule has 0 aliphatic carbocycles. The standard InChI is InChI=1S/C29H30N4O/c1-20-13-22(7-10-30-20)29-27-15-25-18-33(28(34)16-23(25)14-24(27)17-31-29)26-9-12-32(19-26)11-8-21-5-3-2-4-6-21/h2-7,10,13-15,26H,8-9,11-12,16-19H2,1H3/t26-/m1/s1. The molecule has 5 nitrogen and oxygen atoms in total. The fourth-order valence-electron chi connectivity index (χ4n) is 5.66. The third-order valence-corrected chi connectivity index (χ3v) is 7.51. The molecule has 34 heavy (non-hydrogen) atoms. The van der Waals surface area contributed by atoms with Crippen LogP contribution in [0.3, 0.4) is 0 Å². The number of rotatable bonds is 5. The summed E-state index contributed by atoms with van der Waals surface area (Å²) < 4.78 is 0. The molecule has 6 rings (SSSR count). The molecule has 5 heteroatoms. The first kappa shape index (κ1) is 21.2. The van der Waals surface area contributed by atoms with E-state index in [0.717, 1.165) is 49.4 Å². The van der Waals surface area contributed by atoms with Crippen molar-refractivity contribution in [2.45, 2.75) is 45.3 Å². The van der Waals surface area contributed by atoms with Gasteiger partial charge in [0.05, 0.1) is 18.7 Å². The Bertz CT molecular complexity index is 1270. The number of aromatic nitrogens is 1. The second-order valence-electron chi connectivity index (χ2n) is 9.81. The number of carbonyl (C=O) groups excluding carboxylic acids is 1. The van der Waals surface area contributed by atoms with Crippen molar-refractivity contribution in [3.63, 3.8) is 0 Å². The molecule has 4 heterocycles. The van der Waals surface area contributed by atoms with E-state index >= 15 is 0 Å². The zero-order valence-electron chi connectivity index (χ0n) is 19.7. The summed E-state index contributed by atoms with van der Waals surface area (Å²) in [7, 11) is 0. The first-order valence-electron chi connectivity index (χ1n) is 12.3. The van der Waals surface area contributed by atoms with Crippen LogP contribution in [0, 0.1) is 6.92 Å². The molecule has 172 valence electrons. The van der Waals surface area contributed by atoms with E-state index in [2.05, 4.69) is 63.3 Å². The molecule has 1 amide bonds. The van der Waals surface area contributed by atoms with Crippen LogP contribution in [0.25, 0.3) is 0 Å². The minimum atomic E-state index is 0.270. The normalized spacial score (nSPS) is 19.8. The number of pyridine rings is 1. The summed E-state index contributed by atoms with van der Waals surface area (Å²) in [5, 5.41) is 0. The Morgan fingerprint density at radius 2 is 1.91 bits per heavy atom. The monoisotopic (exact) mass is 450 g/mol. The molecule has 0 radical (unpaired) electrons. The smallest absolute Gasteiger partial charge is 0.227 e. The maximum atomic E-state index is 13.1. The van der Waals surface area contributed by atoms with Crippen LogP contribution in [0.15, 0.2) is 65.8 Å². The lowest BCUT2D eigenvalue weighted by atomic mass is 9.90. The van der Waals surface area contributed by atoms with Gasteiger partial charge in [0.25, 0.3) is 0 Å². The van der Waals surface area contributed by atoms with Crippen molar-refractivity contribution in [2.75, 3.05) is 19.6 Å². The largest absolute Gasteiger partial charge is 0.334 e. The van der Waals surface area contributed by atoms with Crippen molar-refractivity contribution in [3.8, 4) is 0 Å². The van der Waals surface area contributed by atoms with Gasteiger partial charge < -0.3 is 9.80 Å². The molecule has 3 aromatic rings. The summed E-state index contributed by atoms with van der Waals surface area (Å²) in [6.45, 7) is 6.51. The number of aliphatic imine (C=N–C) groups is 1. The summed E-state index contributed by atoms with van der Waals surface area (Å²) in [5.41, 5.74) is 9.47. The molecular weight excluding hydrogens is 420 g/mol. The van der Waals surface area contributed by atoms with E-state index in [4.69, 9.17) is 4.99 Å². The van der Waals surface area contributed by atoms with Gasteiger partial charge in [-0.2, -0.15) is 0 Å². The lowest BCUT2D eigenvalue weighted by molar-refractivity contribution is -0.134. The molecule has 0 spiro atoms. The van der Waals surface area contributed by atoms with Crippen molar-refractivity contribution in [2.24, 2.45) is 4.99 Å². The average Bonchev–Trinajstić information content (AvgIpc) is 3.48. The quantitative estimate of drug-likeness (QED) is 0.592. The average molecular weight is 451 g/mol. The number of amides is 1. The number of aryl methyl sites for hydroxylation is 1. The van der Waals surface area contributed by atoms with Gasteiger partial charge in [0.15, 0.2) is 0 Å². The van der Waals surface area contributed by atoms with Crippen molar-refractivity contribution in [1.82, 2.24) is 14.8 Å². The van der Waals surface area contributed by atoms with Gasteiger partial charge in [-0.15, -0.1) is 0 Å². The number of hydrogen-bond donors (Lipinski definition) is 0. The second-order valence-corrected chi connectivity index (χ2v) is 9.81. The van der Waals surface area contributed by atoms with Crippen molar-refractivity contribution in [3.05, 3.63) is 99.9 Å². The van der Waals surface area contributed by atoms with E-state index in [-0.39, 0.29) is 5.91 Å². The lowest BCUT2D eigenvalue weighted by Gasteiger charge is -2.34. The predicted molar refractivity (Wildman–Crippen MR) is 134 cm³/mol. The molecule has 0 bridgehead atoms. The highest BCUT2D eigenvalue weighted by Gasteiger charge is 2.34. The van der Waals surface area contributed by atoms with E-state index in [1.165, 1.54) is 27.8 Å². The van der Waals surface area contributed by atoms with Gasteiger partial charge in [-0.25, -0.2) is 0 Å². The minimum absolute atomic E-state index is 0.270. The van der Waals surface area contributed by atoms with Gasteiger partial charge in [-0.05, 0) is 60.2 Å². The van der Waals surface area contributed by atoms with Gasteiger partial charge in [-0.1, -0.05) is 36.4 Å². The number of carbonyl (C=O) groups is 1. The van der Waals surface area contributed by atoms with Crippen LogP contribution >= 0.6 is 0 Å². The third kappa shape index (κ3) is 4.05. The Morgan fingerprint density at radius 1 is 1.03 bits per heavy atom. The number of likely N-dealkylation sites (tertiary alicyclic amines) is 1. The van der Waals surface area contributed by atoms with Gasteiger partial charge in [0.2, 0.25) is 5.91 Å². The van der Waals surface area contributed by atoms with Crippen LogP contribution in [-0.2, 0) is 30.7 Å². The van der Waals surface area contributed by atoms with E-state index in [1.807, 2.05) is 19.2 Å². The first-order valence-corrected chi connectivity index (χ1v) is 12.3. The zero-order chi connectivity index (χ0) is 23.1. The fourth-order valence-corrected chi connectivity index (χ4v) is 5.66. The fraction of sp³-hybridized carbons (Fsp3) is 0.345. The highest BCUT2D eigenvalue weighted by molar-refractivity contribution is 6.15. The maximum Gasteiger partial charge on any atom is 0.227 e. The molecule has 0 unspecified atom stereocenters. The number of benzene rings is 2. The summed E-state index contributed by atoms with van der Waals surface area (Å²) >= 11 is 0. The molecule has 2 aromatic carbocycles. The van der Waals surface area contributed by atoms with E-state index in [0.29, 0.717) is 25.6 Å². The van der Waals surface area contributed by atoms with Crippen molar-refractivity contribution in [1.29, 1.82) is 0 Å². The van der Waals surface area contributed by atoms with Crippen molar-refractivity contribution >= 4 is 11.6 Å². The van der Waals surface area contributed by atoms with E-state index in [1.54, 1.807) is 0 Å². The minimum Gasteiger partial charge on any atom is -0.334 e. The molecule has 1 aromatic heterocycles. The van der Waals surface area contributed by atoms with Crippen LogP contribution in [0.1, 0.15) is 45.5 Å². The number of hydrogen-bond acceptors (Lipinski definition) is 4. The van der Waals surface area contributed by atoms with Crippen LogP contribution in [-0.4, -0.2) is 52.1 Å². The van der Waals surface area contributed by atoms with Crippen LogP contribution in [0.2, 0.25) is 0 Å². The summed E-state index contributed by atoms with van der Waals surface area (Å²) in [6.07, 6.45) is 4.48. The molecule has 3 aliphatic rings. The second kappa shape index (κ2) is 8.80. The Kier molecular flexibility index (Phi) is 5.50. The zero-order valence-corrected chi connectivity index (χ0v) is 19.7. The van der Waals surface area contributed by atoms with Gasteiger partial charge in [0, 0.05) is 55.2 Å². The van der Waals surface area contributed by atoms with Gasteiger partial charge in [0.1, 0.15) is 0 Å². The highest BCUT2D eigenvalue weighted by Crippen LogP contribution is 2.31. The molecule has 1 atom stereocenters. The molecule has 3 aliphatic heterocycles. The topological polar surface area (TPSA) is 48.8 Å². The molecule has 0 N–H and O–H groups in total. The highest BCUT2D eigenvalue weighted by atomic mass is 16.2. The summed E-state index contributed by atoms with van der Waals surface area (Å²) in [6, 6.07) is 19.6. The molecule has 0 saturated carbocycles. The predicted octanol–water partition coefficient (Wildman–Crippen LogP) is 3.94. The molecular formula is C29H30N4O. The van der Waals surface area contributed by atoms with Crippen LogP contribution in [0.5, 0.6) is 0 Å². The number of nitrogens with zero attached hydrogens (tertiary/aromatic N) is 4. The summed E-state index contributed by atoms with van der Waals surface area (Å²) in [4.78, 5) is 27.0. The lowest BCUT2D eigenvalue weighted by Crippen LogP contribution is -2.45. The number of fused-ring (bicyclic) bond motifs is 2. The SMILES string of the molecule is Cc1cc(C2=NCc3cc4c(cc32)CN([C@@H]2CCN(CCc3ccccc3)C2)C(=O)C4)ccn1. The van der Waals surface area contributed by atoms with E-state index in [9.17, 15) is 4.79 Å². The molecule has 1 saturated heterocycles. The van der Waals surface area contributed by atoms with Crippen molar-refractivity contribution < 1.29 is 4.79 Å².